The zero-order chi connectivity index (χ0) is 18.9. The zero-order valence-electron chi connectivity index (χ0n) is 14.2. The van der Waals surface area contributed by atoms with Gasteiger partial charge in [0.15, 0.2) is 0 Å². The second-order valence-electron chi connectivity index (χ2n) is 5.00. The number of benzene rings is 1. The number of nitriles is 2. The molecule has 0 unspecified atom stereocenters. The van der Waals surface area contributed by atoms with Crippen molar-refractivity contribution in [2.45, 2.75) is 18.7 Å². The van der Waals surface area contributed by atoms with Crippen LogP contribution in [0.2, 0.25) is 0 Å². The molecular formula is C17H20N4O3S. The van der Waals surface area contributed by atoms with Gasteiger partial charge in [0.2, 0.25) is 15.9 Å². The largest absolute Gasteiger partial charge is 0.313 e. The van der Waals surface area contributed by atoms with E-state index < -0.39 is 15.9 Å². The maximum atomic E-state index is 12.4. The van der Waals surface area contributed by atoms with Crippen LogP contribution < -0.4 is 0 Å². The van der Waals surface area contributed by atoms with Crippen LogP contribution in [0.1, 0.15) is 19.4 Å². The Bertz CT molecular complexity index is 782. The highest BCUT2D eigenvalue weighted by Gasteiger charge is 2.20. The van der Waals surface area contributed by atoms with Gasteiger partial charge in [-0.15, -0.1) is 0 Å². The predicted molar refractivity (Wildman–Crippen MR) is 93.4 cm³/mol. The normalized spacial score (nSPS) is 11.2. The van der Waals surface area contributed by atoms with E-state index in [1.165, 1.54) is 28.6 Å². The number of nitrogens with zero attached hydrogens (tertiary/aromatic N) is 4. The van der Waals surface area contributed by atoms with Gasteiger partial charge in [-0.3, -0.25) is 4.79 Å². The molecule has 0 N–H and O–H groups in total. The highest BCUT2D eigenvalue weighted by atomic mass is 32.2. The van der Waals surface area contributed by atoms with Crippen molar-refractivity contribution in [2.75, 3.05) is 26.2 Å². The number of carbonyl (C=O) groups excluding carboxylic acids is 1. The minimum Gasteiger partial charge on any atom is -0.313 e. The van der Waals surface area contributed by atoms with Crippen molar-refractivity contribution in [2.24, 2.45) is 0 Å². The lowest BCUT2D eigenvalue weighted by molar-refractivity contribution is -0.124. The molecule has 0 heterocycles. The fourth-order valence-corrected chi connectivity index (χ4v) is 3.58. The summed E-state index contributed by atoms with van der Waals surface area (Å²) in [4.78, 5) is 13.2. The van der Waals surface area contributed by atoms with E-state index in [0.29, 0.717) is 18.7 Å². The minimum absolute atomic E-state index is 0.169. The summed E-state index contributed by atoms with van der Waals surface area (Å²) in [6, 6.07) is 9.82. The Labute approximate surface area is 148 Å². The summed E-state index contributed by atoms with van der Waals surface area (Å²) >= 11 is 0. The van der Waals surface area contributed by atoms with E-state index in [-0.39, 0.29) is 18.0 Å². The Kier molecular flexibility index (Phi) is 7.80. The molecular weight excluding hydrogens is 340 g/mol. The van der Waals surface area contributed by atoms with E-state index >= 15 is 0 Å². The summed E-state index contributed by atoms with van der Waals surface area (Å²) in [7, 11) is -3.52. The zero-order valence-corrected chi connectivity index (χ0v) is 15.0. The number of sulfonamides is 1. The van der Waals surface area contributed by atoms with Crippen LogP contribution in [0.3, 0.4) is 0 Å². The van der Waals surface area contributed by atoms with Gasteiger partial charge in [-0.1, -0.05) is 26.0 Å². The fraction of sp³-hybridized carbons (Fsp3) is 0.353. The molecule has 1 amide bonds. The lowest BCUT2D eigenvalue weighted by atomic mass is 10.2. The lowest BCUT2D eigenvalue weighted by Gasteiger charge is -2.18. The van der Waals surface area contributed by atoms with Crippen LogP contribution in [-0.2, 0) is 14.8 Å². The summed E-state index contributed by atoms with van der Waals surface area (Å²) < 4.78 is 26.1. The van der Waals surface area contributed by atoms with Gasteiger partial charge >= 0.3 is 0 Å². The molecule has 0 saturated carbocycles. The van der Waals surface area contributed by atoms with Gasteiger partial charge in [-0.05, 0) is 23.8 Å². The van der Waals surface area contributed by atoms with Gasteiger partial charge in [0.1, 0.15) is 13.1 Å². The number of hydrogen-bond donors (Lipinski definition) is 0. The molecule has 0 spiro atoms. The average Bonchev–Trinajstić information content (AvgIpc) is 2.60. The van der Waals surface area contributed by atoms with E-state index in [9.17, 15) is 13.2 Å². The molecule has 0 radical (unpaired) electrons. The van der Waals surface area contributed by atoms with Crippen LogP contribution in [-0.4, -0.2) is 49.7 Å². The quantitative estimate of drug-likeness (QED) is 0.517. The predicted octanol–water partition coefficient (Wildman–Crippen LogP) is 1.61. The van der Waals surface area contributed by atoms with Crippen LogP contribution in [0, 0.1) is 22.7 Å². The van der Waals surface area contributed by atoms with Crippen LogP contribution in [0.25, 0.3) is 6.08 Å². The Hall–Kier alpha value is -2.68. The first kappa shape index (κ1) is 20.4. The van der Waals surface area contributed by atoms with Crippen molar-refractivity contribution in [3.63, 3.8) is 0 Å². The van der Waals surface area contributed by atoms with Gasteiger partial charge in [-0.2, -0.15) is 14.8 Å². The Balaban J connectivity index is 2.92. The summed E-state index contributed by atoms with van der Waals surface area (Å²) in [5.41, 5.74) is 0.640. The third-order valence-corrected chi connectivity index (χ3v) is 5.54. The van der Waals surface area contributed by atoms with Gasteiger partial charge < -0.3 is 4.90 Å². The summed E-state index contributed by atoms with van der Waals surface area (Å²) in [5.74, 6) is -0.456. The molecule has 0 aromatic heterocycles. The van der Waals surface area contributed by atoms with Gasteiger partial charge in [0, 0.05) is 19.2 Å². The van der Waals surface area contributed by atoms with E-state index in [4.69, 9.17) is 10.5 Å². The number of carbonyl (C=O) groups is 1. The second kappa shape index (κ2) is 9.58. The van der Waals surface area contributed by atoms with Gasteiger partial charge in [0.05, 0.1) is 17.0 Å². The van der Waals surface area contributed by atoms with Crippen molar-refractivity contribution in [3.8, 4) is 12.1 Å². The molecule has 0 fully saturated rings. The standard InChI is InChI=1S/C17H20N4O3S/c1-3-21(4-2)25(23,24)16-8-5-15(6-9-16)7-10-17(22)20(13-11-18)14-12-19/h5-10H,3-4,13-14H2,1-2H3/b10-7+. The first-order valence-electron chi connectivity index (χ1n) is 7.71. The first-order chi connectivity index (χ1) is 11.9. The molecule has 0 saturated heterocycles. The molecule has 8 heteroatoms. The van der Waals surface area contributed by atoms with Crippen LogP contribution in [0.5, 0.6) is 0 Å². The smallest absolute Gasteiger partial charge is 0.248 e. The van der Waals surface area contributed by atoms with Crippen LogP contribution >= 0.6 is 0 Å². The monoisotopic (exact) mass is 360 g/mol. The Morgan fingerprint density at radius 3 is 2.04 bits per heavy atom. The Morgan fingerprint density at radius 1 is 1.08 bits per heavy atom. The molecule has 1 aromatic carbocycles. The van der Waals surface area contributed by atoms with Crippen LogP contribution in [0.15, 0.2) is 35.2 Å². The van der Waals surface area contributed by atoms with Crippen molar-refractivity contribution in [1.29, 1.82) is 10.5 Å². The van der Waals surface area contributed by atoms with Crippen molar-refractivity contribution >= 4 is 22.0 Å². The highest BCUT2D eigenvalue weighted by Crippen LogP contribution is 2.16. The second-order valence-corrected chi connectivity index (χ2v) is 6.94. The highest BCUT2D eigenvalue weighted by molar-refractivity contribution is 7.89. The van der Waals surface area contributed by atoms with E-state index in [0.717, 1.165) is 4.90 Å². The topological polar surface area (TPSA) is 105 Å². The SMILES string of the molecule is CCN(CC)S(=O)(=O)c1ccc(/C=C/C(=O)N(CC#N)CC#N)cc1. The van der Waals surface area contributed by atoms with Crippen LogP contribution in [0.4, 0.5) is 0 Å². The van der Waals surface area contributed by atoms with E-state index in [1.807, 2.05) is 12.1 Å². The number of hydrogen-bond acceptors (Lipinski definition) is 5. The average molecular weight is 360 g/mol. The molecule has 1 rings (SSSR count). The van der Waals surface area contributed by atoms with E-state index in [2.05, 4.69) is 0 Å². The molecule has 0 aliphatic heterocycles. The van der Waals surface area contributed by atoms with Crippen molar-refractivity contribution in [3.05, 3.63) is 35.9 Å². The molecule has 1 aromatic rings. The first-order valence-corrected chi connectivity index (χ1v) is 9.15. The number of rotatable bonds is 8. The maximum absolute atomic E-state index is 12.4. The lowest BCUT2D eigenvalue weighted by Crippen LogP contribution is -2.30. The summed E-state index contributed by atoms with van der Waals surface area (Å²) in [6.07, 6.45) is 2.76. The summed E-state index contributed by atoms with van der Waals surface area (Å²) in [5, 5.41) is 17.3. The Morgan fingerprint density at radius 2 is 1.60 bits per heavy atom. The van der Waals surface area contributed by atoms with Crippen molar-refractivity contribution in [1.82, 2.24) is 9.21 Å². The molecule has 132 valence electrons. The number of amides is 1. The minimum atomic E-state index is -3.52. The molecule has 0 bridgehead atoms. The van der Waals surface area contributed by atoms with Gasteiger partial charge in [-0.25, -0.2) is 8.42 Å². The molecule has 0 aliphatic rings. The fourth-order valence-electron chi connectivity index (χ4n) is 2.12. The third-order valence-electron chi connectivity index (χ3n) is 3.48. The molecule has 7 nitrogen and oxygen atoms in total. The third kappa shape index (κ3) is 5.42. The summed E-state index contributed by atoms with van der Waals surface area (Å²) in [6.45, 7) is 4.00. The van der Waals surface area contributed by atoms with E-state index in [1.54, 1.807) is 26.0 Å². The molecule has 25 heavy (non-hydrogen) atoms. The van der Waals surface area contributed by atoms with Gasteiger partial charge in [0.25, 0.3) is 0 Å². The van der Waals surface area contributed by atoms with Crippen molar-refractivity contribution < 1.29 is 13.2 Å². The molecule has 0 atom stereocenters. The maximum Gasteiger partial charge on any atom is 0.248 e. The molecule has 0 aliphatic carbocycles.